The highest BCUT2D eigenvalue weighted by molar-refractivity contribution is 6.38. The van der Waals surface area contributed by atoms with Crippen LogP contribution in [-0.4, -0.2) is 189 Å². The standard InChI is InChI=1S/C39H71N15O15/c1-16(2)13-23(30(40)62)50-32(64)24(14-55)52-37(69)29(61)21(9-7-11-45-38(41)42)48-31(63)22(10-8-12-46-39(43)44)49-34(66)27(18(4)58)53-33(65)25(15-56)51-35(67)28(19(5)59)54-36(68)26(17(3)57)47-20(6)60/h16-19,21-28,55-59H,7-15H2,1-6H3,(H2,40,62)(H,47,60)(H,48,63)(H,49,66)(H,50,64)(H,51,67)(H,52,69)(H,53,65)(H,54,68)(H4,41,42,45)(H4,43,44,46)/t17?,18?,19?,21-,22-,23-,24-,25-,26-,27-,28-/m0/s1. The lowest BCUT2D eigenvalue weighted by molar-refractivity contribution is -0.142. The molecule has 30 heteroatoms. The van der Waals surface area contributed by atoms with Gasteiger partial charge in [-0.3, -0.25) is 57.9 Å². The number of guanidine groups is 2. The molecule has 30 nitrogen and oxygen atoms in total. The SMILES string of the molecule is CC(=O)N[C@H](C(=O)N[C@H](C(=O)N[C@@H](CO)C(=O)N[C@H](C(=O)N[C@@H](CCCN=C(N)N)C(=O)N[C@@H](CCCN=C(N)N)C(=O)C(=O)N[C@@H](CO)C(=O)N[C@@H](CC(C)C)C(N)=O)C(C)O)C(C)O)C(C)O. The molecule has 0 saturated carbocycles. The third-order valence-electron chi connectivity index (χ3n) is 9.62. The predicted octanol–water partition coefficient (Wildman–Crippen LogP) is -9.78. The van der Waals surface area contributed by atoms with Crippen LogP contribution in [-0.2, 0) is 47.9 Å². The van der Waals surface area contributed by atoms with Gasteiger partial charge in [0.1, 0.15) is 42.3 Å². The van der Waals surface area contributed by atoms with Crippen LogP contribution >= 0.6 is 0 Å². The molecule has 0 aromatic carbocycles. The van der Waals surface area contributed by atoms with Crippen LogP contribution in [0.3, 0.4) is 0 Å². The molecule has 0 spiro atoms. The first-order valence-corrected chi connectivity index (χ1v) is 21.7. The van der Waals surface area contributed by atoms with Crippen molar-refractivity contribution in [2.24, 2.45) is 44.6 Å². The fourth-order valence-electron chi connectivity index (χ4n) is 6.04. The Morgan fingerprint density at radius 2 is 0.812 bits per heavy atom. The second-order valence-corrected chi connectivity index (χ2v) is 16.3. The smallest absolute Gasteiger partial charge is 0.290 e. The number of Topliss-reactive ketones (excluding diaryl/α,β-unsaturated/α-hetero) is 1. The first kappa shape index (κ1) is 62.2. The summed E-state index contributed by atoms with van der Waals surface area (Å²) in [7, 11) is 0. The number of nitrogens with zero attached hydrogens (tertiary/aromatic N) is 2. The Morgan fingerprint density at radius 3 is 1.22 bits per heavy atom. The molecule has 0 fully saturated rings. The summed E-state index contributed by atoms with van der Waals surface area (Å²) in [6, 6.07) is -13.6. The van der Waals surface area contributed by atoms with Gasteiger partial charge in [-0.05, 0) is 58.8 Å². The van der Waals surface area contributed by atoms with Crippen molar-refractivity contribution in [2.45, 2.75) is 140 Å². The van der Waals surface area contributed by atoms with Crippen LogP contribution in [0.2, 0.25) is 0 Å². The molecule has 0 bridgehead atoms. The van der Waals surface area contributed by atoms with Gasteiger partial charge in [0.2, 0.25) is 53.0 Å². The van der Waals surface area contributed by atoms with Gasteiger partial charge in [0, 0.05) is 20.0 Å². The highest BCUT2D eigenvalue weighted by Crippen LogP contribution is 2.08. The number of nitrogens with two attached hydrogens (primary N) is 5. The van der Waals surface area contributed by atoms with Gasteiger partial charge in [0.05, 0.1) is 37.6 Å². The molecule has 0 saturated heterocycles. The van der Waals surface area contributed by atoms with Gasteiger partial charge < -0.3 is 96.7 Å². The monoisotopic (exact) mass is 990 g/mol. The molecule has 9 amide bonds. The van der Waals surface area contributed by atoms with E-state index < -0.39 is 139 Å². The molecule has 0 aliphatic carbocycles. The highest BCUT2D eigenvalue weighted by Gasteiger charge is 2.37. The number of primary amides is 1. The first-order valence-electron chi connectivity index (χ1n) is 21.7. The molecule has 69 heavy (non-hydrogen) atoms. The quantitative estimate of drug-likeness (QED) is 0.0129. The van der Waals surface area contributed by atoms with Crippen molar-refractivity contribution in [3.63, 3.8) is 0 Å². The number of aliphatic hydroxyl groups is 5. The minimum Gasteiger partial charge on any atom is -0.394 e. The van der Waals surface area contributed by atoms with Crippen molar-refractivity contribution in [3.05, 3.63) is 0 Å². The van der Waals surface area contributed by atoms with E-state index in [0.717, 1.165) is 27.7 Å². The maximum atomic E-state index is 13.9. The molecule has 23 N–H and O–H groups in total. The maximum Gasteiger partial charge on any atom is 0.290 e. The predicted molar refractivity (Wildman–Crippen MR) is 244 cm³/mol. The van der Waals surface area contributed by atoms with E-state index in [2.05, 4.69) is 52.5 Å². The molecular weight excluding hydrogens is 919 g/mol. The second kappa shape index (κ2) is 31.3. The Balaban J connectivity index is 6.60. The summed E-state index contributed by atoms with van der Waals surface area (Å²) >= 11 is 0. The lowest BCUT2D eigenvalue weighted by atomic mass is 10.0. The lowest BCUT2D eigenvalue weighted by Gasteiger charge is -2.28. The zero-order chi connectivity index (χ0) is 53.3. The van der Waals surface area contributed by atoms with Crippen LogP contribution in [0.1, 0.15) is 73.6 Å². The van der Waals surface area contributed by atoms with E-state index in [9.17, 15) is 73.5 Å². The van der Waals surface area contributed by atoms with Gasteiger partial charge in [0.15, 0.2) is 11.9 Å². The molecule has 3 unspecified atom stereocenters. The average molecular weight is 990 g/mol. The van der Waals surface area contributed by atoms with Gasteiger partial charge in [-0.1, -0.05) is 13.8 Å². The maximum absolute atomic E-state index is 13.9. The third-order valence-corrected chi connectivity index (χ3v) is 9.62. The number of aliphatic hydroxyl groups excluding tert-OH is 5. The van der Waals surface area contributed by atoms with Crippen LogP contribution in [0, 0.1) is 5.92 Å². The van der Waals surface area contributed by atoms with Crippen molar-refractivity contribution in [3.8, 4) is 0 Å². The topological polar surface area (TPSA) is 523 Å². The third kappa shape index (κ3) is 23.7. The van der Waals surface area contributed by atoms with Crippen molar-refractivity contribution in [2.75, 3.05) is 26.3 Å². The molecule has 0 aromatic rings. The van der Waals surface area contributed by atoms with Crippen molar-refractivity contribution >= 4 is 70.9 Å². The first-order chi connectivity index (χ1) is 32.1. The van der Waals surface area contributed by atoms with E-state index >= 15 is 0 Å². The van der Waals surface area contributed by atoms with E-state index in [4.69, 9.17) is 28.7 Å². The second-order valence-electron chi connectivity index (χ2n) is 16.3. The van der Waals surface area contributed by atoms with E-state index in [-0.39, 0.29) is 63.0 Å². The summed E-state index contributed by atoms with van der Waals surface area (Å²) in [6.45, 7) is 5.46. The highest BCUT2D eigenvalue weighted by atomic mass is 16.3. The average Bonchev–Trinajstić information content (AvgIpc) is 3.24. The summed E-state index contributed by atoms with van der Waals surface area (Å²) in [5.74, 6) is -12.3. The number of nitrogens with one attached hydrogen (secondary N) is 8. The zero-order valence-electron chi connectivity index (χ0n) is 39.4. The van der Waals surface area contributed by atoms with Crippen molar-refractivity contribution in [1.82, 2.24) is 42.5 Å². The van der Waals surface area contributed by atoms with Crippen LogP contribution in [0.15, 0.2) is 9.98 Å². The minimum absolute atomic E-state index is 0.0235. The fourth-order valence-corrected chi connectivity index (χ4v) is 6.04. The van der Waals surface area contributed by atoms with Crippen molar-refractivity contribution < 1.29 is 73.5 Å². The van der Waals surface area contributed by atoms with Crippen LogP contribution in [0.5, 0.6) is 0 Å². The van der Waals surface area contributed by atoms with E-state index in [1.165, 1.54) is 0 Å². The summed E-state index contributed by atoms with van der Waals surface area (Å²) in [5.41, 5.74) is 26.9. The van der Waals surface area contributed by atoms with Gasteiger partial charge in [0.25, 0.3) is 5.91 Å². The number of carbonyl (C=O) groups excluding carboxylic acids is 10. The zero-order valence-corrected chi connectivity index (χ0v) is 39.4. The number of ketones is 1. The van der Waals surface area contributed by atoms with Gasteiger partial charge in [-0.2, -0.15) is 0 Å². The van der Waals surface area contributed by atoms with Gasteiger partial charge in [-0.25, -0.2) is 0 Å². The van der Waals surface area contributed by atoms with Gasteiger partial charge >= 0.3 is 0 Å². The number of rotatable bonds is 32. The summed E-state index contributed by atoms with van der Waals surface area (Å²) in [4.78, 5) is 138. The van der Waals surface area contributed by atoms with E-state index in [0.29, 0.717) is 0 Å². The van der Waals surface area contributed by atoms with Crippen LogP contribution in [0.4, 0.5) is 0 Å². The number of carbonyl (C=O) groups is 10. The number of aliphatic imine (C=N–C) groups is 2. The van der Waals surface area contributed by atoms with Crippen LogP contribution in [0.25, 0.3) is 0 Å². The molecule has 0 heterocycles. The molecule has 0 radical (unpaired) electrons. The number of amides is 9. The Kier molecular flexibility index (Phi) is 28.2. The van der Waals surface area contributed by atoms with Crippen molar-refractivity contribution in [1.29, 1.82) is 0 Å². The summed E-state index contributed by atoms with van der Waals surface area (Å²) in [5, 5.41) is 68.3. The lowest BCUT2D eigenvalue weighted by Crippen LogP contribution is -2.63. The van der Waals surface area contributed by atoms with Crippen LogP contribution < -0.4 is 71.2 Å². The largest absolute Gasteiger partial charge is 0.394 e. The molecular formula is C39H71N15O15. The molecule has 392 valence electrons. The Hall–Kier alpha value is -6.76. The summed E-state index contributed by atoms with van der Waals surface area (Å²) in [6.07, 6.45) is -5.43. The Bertz CT molecular complexity index is 1840. The molecule has 0 aliphatic heterocycles. The molecule has 0 aliphatic rings. The number of hydrogen-bond donors (Lipinski definition) is 18. The molecule has 0 aromatic heterocycles. The molecule has 0 rings (SSSR count). The normalized spacial score (nSPS) is 15.8. The Labute approximate surface area is 397 Å². The molecule has 11 atom stereocenters. The van der Waals surface area contributed by atoms with Gasteiger partial charge in [-0.15, -0.1) is 0 Å². The number of hydrogen-bond acceptors (Lipinski definition) is 17. The minimum atomic E-state index is -1.94. The Morgan fingerprint density at radius 1 is 0.464 bits per heavy atom. The fraction of sp³-hybridized carbons (Fsp3) is 0.692. The summed E-state index contributed by atoms with van der Waals surface area (Å²) < 4.78 is 0. The van der Waals surface area contributed by atoms with E-state index in [1.54, 1.807) is 13.8 Å². The van der Waals surface area contributed by atoms with E-state index in [1.807, 2.05) is 0 Å².